The number of nitro benzene ring substituents is 1. The van der Waals surface area contributed by atoms with Crippen LogP contribution in [0.15, 0.2) is 29.2 Å². The lowest BCUT2D eigenvalue weighted by atomic mass is 10.2. The number of nitrogens with zero attached hydrogens (tertiary/aromatic N) is 2. The van der Waals surface area contributed by atoms with Gasteiger partial charge in [0.15, 0.2) is 0 Å². The summed E-state index contributed by atoms with van der Waals surface area (Å²) in [5.41, 5.74) is -0.260. The molecule has 0 spiro atoms. The van der Waals surface area contributed by atoms with Crippen molar-refractivity contribution in [2.45, 2.75) is 36.7 Å². The Hall–Kier alpha value is -2.53. The van der Waals surface area contributed by atoms with E-state index >= 15 is 0 Å². The van der Waals surface area contributed by atoms with E-state index in [0.29, 0.717) is 12.8 Å². The van der Waals surface area contributed by atoms with Crippen LogP contribution in [0.4, 0.5) is 5.69 Å². The van der Waals surface area contributed by atoms with Crippen LogP contribution in [0.2, 0.25) is 0 Å². The molecule has 1 aromatic rings. The number of carbonyl (C=O) groups is 2. The first-order valence-corrected chi connectivity index (χ1v) is 8.92. The maximum atomic E-state index is 12.4. The largest absolute Gasteiger partial charge is 0.480 e. The van der Waals surface area contributed by atoms with Crippen molar-refractivity contribution in [2.75, 3.05) is 6.54 Å². The molecule has 11 heteroatoms. The van der Waals surface area contributed by atoms with Gasteiger partial charge in [-0.3, -0.25) is 14.9 Å². The second-order valence-electron chi connectivity index (χ2n) is 5.62. The molecule has 0 aromatic heterocycles. The average Bonchev–Trinajstić information content (AvgIpc) is 3.03. The summed E-state index contributed by atoms with van der Waals surface area (Å²) >= 11 is 0. The van der Waals surface area contributed by atoms with E-state index in [1.165, 1.54) is 6.92 Å². The normalized spacial score (nSPS) is 18.8. The van der Waals surface area contributed by atoms with Crippen molar-refractivity contribution in [2.24, 2.45) is 0 Å². The summed E-state index contributed by atoms with van der Waals surface area (Å²) in [7, 11) is -4.08. The molecule has 0 unspecified atom stereocenters. The first-order chi connectivity index (χ1) is 11.6. The number of benzene rings is 1. The molecule has 2 N–H and O–H groups in total. The molecule has 1 aliphatic rings. The lowest BCUT2D eigenvalue weighted by molar-refractivity contribution is -0.384. The van der Waals surface area contributed by atoms with Gasteiger partial charge < -0.3 is 10.0 Å². The molecule has 0 radical (unpaired) electrons. The quantitative estimate of drug-likeness (QED) is 0.541. The van der Waals surface area contributed by atoms with Crippen LogP contribution in [0.1, 0.15) is 19.8 Å². The number of likely N-dealkylation sites (tertiary alicyclic amines) is 1. The molecule has 1 fully saturated rings. The minimum atomic E-state index is -4.08. The van der Waals surface area contributed by atoms with Gasteiger partial charge in [0.2, 0.25) is 15.9 Å². The van der Waals surface area contributed by atoms with Crippen molar-refractivity contribution in [3.63, 3.8) is 0 Å². The average molecular weight is 371 g/mol. The number of nitrogens with one attached hydrogen (secondary N) is 1. The maximum absolute atomic E-state index is 12.4. The van der Waals surface area contributed by atoms with Crippen molar-refractivity contribution >= 4 is 27.6 Å². The van der Waals surface area contributed by atoms with E-state index in [-0.39, 0.29) is 17.1 Å². The van der Waals surface area contributed by atoms with Gasteiger partial charge in [-0.1, -0.05) is 0 Å². The smallest absolute Gasteiger partial charge is 0.326 e. The van der Waals surface area contributed by atoms with Gasteiger partial charge in [0.25, 0.3) is 5.69 Å². The summed E-state index contributed by atoms with van der Waals surface area (Å²) in [4.78, 5) is 34.4. The molecule has 0 aliphatic carbocycles. The second kappa shape index (κ2) is 7.15. The number of nitro groups is 1. The highest BCUT2D eigenvalue weighted by atomic mass is 32.2. The molecule has 2 rings (SSSR count). The third-order valence-electron chi connectivity index (χ3n) is 3.88. The van der Waals surface area contributed by atoms with E-state index in [4.69, 9.17) is 5.11 Å². The van der Waals surface area contributed by atoms with E-state index in [2.05, 4.69) is 4.72 Å². The number of carboxylic acids is 1. The van der Waals surface area contributed by atoms with Crippen molar-refractivity contribution in [3.05, 3.63) is 34.4 Å². The predicted octanol–water partition coefficient (Wildman–Crippen LogP) is 0.337. The highest BCUT2D eigenvalue weighted by Gasteiger charge is 2.37. The van der Waals surface area contributed by atoms with Crippen LogP contribution in [-0.2, 0) is 19.6 Å². The first-order valence-electron chi connectivity index (χ1n) is 7.43. The number of non-ortho nitro benzene ring substituents is 1. The molecule has 2 atom stereocenters. The molecule has 1 aliphatic heterocycles. The number of hydrogen-bond acceptors (Lipinski definition) is 6. The second-order valence-corrected chi connectivity index (χ2v) is 7.34. The lowest BCUT2D eigenvalue weighted by Crippen LogP contribution is -2.50. The van der Waals surface area contributed by atoms with Crippen LogP contribution < -0.4 is 4.72 Å². The van der Waals surface area contributed by atoms with Gasteiger partial charge in [0.05, 0.1) is 15.9 Å². The molecule has 1 heterocycles. The number of aliphatic carboxylic acids is 1. The fraction of sp³-hybridized carbons (Fsp3) is 0.429. The number of amides is 1. The highest BCUT2D eigenvalue weighted by Crippen LogP contribution is 2.20. The van der Waals surface area contributed by atoms with E-state index in [1.807, 2.05) is 0 Å². The van der Waals surface area contributed by atoms with Crippen LogP contribution in [0.3, 0.4) is 0 Å². The topological polar surface area (TPSA) is 147 Å². The number of sulfonamides is 1. The lowest BCUT2D eigenvalue weighted by Gasteiger charge is -2.25. The molecule has 1 amide bonds. The summed E-state index contributed by atoms with van der Waals surface area (Å²) in [5, 5.41) is 19.7. The fourth-order valence-corrected chi connectivity index (χ4v) is 3.83. The molecule has 1 saturated heterocycles. The van der Waals surface area contributed by atoms with Crippen molar-refractivity contribution in [3.8, 4) is 0 Å². The number of carbonyl (C=O) groups excluding carboxylic acids is 1. The standard InChI is InChI=1S/C14H17N3O7S/c1-9(13(18)16-8-2-3-12(16)14(19)20)15-25(23,24)11-6-4-10(5-7-11)17(21)22/h4-7,9,12,15H,2-3,8H2,1H3,(H,19,20)/t9-,12-/m0/s1. The Kier molecular flexibility index (Phi) is 5.38. The van der Waals surface area contributed by atoms with E-state index in [1.54, 1.807) is 0 Å². The van der Waals surface area contributed by atoms with Gasteiger partial charge in [0.1, 0.15) is 6.04 Å². The zero-order valence-corrected chi connectivity index (χ0v) is 14.1. The van der Waals surface area contributed by atoms with Crippen LogP contribution in [0.25, 0.3) is 0 Å². The van der Waals surface area contributed by atoms with Gasteiger partial charge in [-0.2, -0.15) is 4.72 Å². The third kappa shape index (κ3) is 4.12. The number of carboxylic acid groups (broad SMARTS) is 1. The maximum Gasteiger partial charge on any atom is 0.326 e. The monoisotopic (exact) mass is 371 g/mol. The highest BCUT2D eigenvalue weighted by molar-refractivity contribution is 7.89. The zero-order chi connectivity index (χ0) is 18.8. The van der Waals surface area contributed by atoms with Gasteiger partial charge in [-0.15, -0.1) is 0 Å². The van der Waals surface area contributed by atoms with E-state index in [9.17, 15) is 28.1 Å². The Morgan fingerprint density at radius 2 is 1.96 bits per heavy atom. The number of rotatable bonds is 6. The van der Waals surface area contributed by atoms with Crippen LogP contribution in [-0.4, -0.2) is 53.9 Å². The Bertz CT molecular complexity index is 791. The third-order valence-corrected chi connectivity index (χ3v) is 5.44. The molecule has 1 aromatic carbocycles. The SMILES string of the molecule is C[C@H](NS(=O)(=O)c1ccc([N+](=O)[O-])cc1)C(=O)N1CCC[C@H]1C(=O)O. The molecule has 0 bridgehead atoms. The van der Waals surface area contributed by atoms with Gasteiger partial charge in [0, 0.05) is 18.7 Å². The Morgan fingerprint density at radius 1 is 1.36 bits per heavy atom. The van der Waals surface area contributed by atoms with E-state index in [0.717, 1.165) is 29.2 Å². The molecule has 25 heavy (non-hydrogen) atoms. The van der Waals surface area contributed by atoms with Crippen molar-refractivity contribution in [1.29, 1.82) is 0 Å². The summed E-state index contributed by atoms with van der Waals surface area (Å²) in [6.45, 7) is 1.57. The van der Waals surface area contributed by atoms with Crippen LogP contribution in [0.5, 0.6) is 0 Å². The molecular formula is C14H17N3O7S. The van der Waals surface area contributed by atoms with Gasteiger partial charge in [-0.25, -0.2) is 13.2 Å². The summed E-state index contributed by atoms with van der Waals surface area (Å²) in [6.07, 6.45) is 0.855. The molecular weight excluding hydrogens is 354 g/mol. The minimum absolute atomic E-state index is 0.228. The minimum Gasteiger partial charge on any atom is -0.480 e. The van der Waals surface area contributed by atoms with Crippen molar-refractivity contribution < 1.29 is 28.0 Å². The summed E-state index contributed by atoms with van der Waals surface area (Å²) in [5.74, 6) is -1.76. The molecule has 0 saturated carbocycles. The molecule has 136 valence electrons. The summed E-state index contributed by atoms with van der Waals surface area (Å²) in [6, 6.07) is 2.09. The van der Waals surface area contributed by atoms with Crippen LogP contribution >= 0.6 is 0 Å². The Labute approximate surface area is 143 Å². The Morgan fingerprint density at radius 3 is 2.48 bits per heavy atom. The van der Waals surface area contributed by atoms with E-state index < -0.39 is 38.9 Å². The zero-order valence-electron chi connectivity index (χ0n) is 13.3. The van der Waals surface area contributed by atoms with Crippen LogP contribution in [0, 0.1) is 10.1 Å². The van der Waals surface area contributed by atoms with Crippen molar-refractivity contribution in [1.82, 2.24) is 9.62 Å². The Balaban J connectivity index is 2.12. The first kappa shape index (κ1) is 18.8. The predicted molar refractivity (Wildman–Crippen MR) is 85.3 cm³/mol. The number of hydrogen-bond donors (Lipinski definition) is 2. The summed E-state index contributed by atoms with van der Waals surface area (Å²) < 4.78 is 26.8. The van der Waals surface area contributed by atoms with Gasteiger partial charge >= 0.3 is 5.97 Å². The van der Waals surface area contributed by atoms with Gasteiger partial charge in [-0.05, 0) is 31.9 Å². The fourth-order valence-electron chi connectivity index (χ4n) is 2.63. The molecule has 10 nitrogen and oxygen atoms in total.